The average Bonchev–Trinajstić information content (AvgIpc) is 2.69. The van der Waals surface area contributed by atoms with Crippen LogP contribution in [-0.2, 0) is 4.79 Å². The number of hydrogen-bond acceptors (Lipinski definition) is 2. The van der Waals surface area contributed by atoms with Crippen LogP contribution in [-0.4, -0.2) is 28.8 Å². The van der Waals surface area contributed by atoms with E-state index in [0.717, 1.165) is 18.6 Å². The number of rotatable bonds is 5. The van der Waals surface area contributed by atoms with E-state index >= 15 is 0 Å². The summed E-state index contributed by atoms with van der Waals surface area (Å²) in [6.07, 6.45) is 3.06. The zero-order valence-electron chi connectivity index (χ0n) is 9.46. The van der Waals surface area contributed by atoms with E-state index in [1.54, 1.807) is 11.8 Å². The molecule has 0 aromatic rings. The van der Waals surface area contributed by atoms with Crippen molar-refractivity contribution in [2.24, 2.45) is 5.92 Å². The van der Waals surface area contributed by atoms with Gasteiger partial charge in [-0.05, 0) is 30.9 Å². The van der Waals surface area contributed by atoms with Crippen molar-refractivity contribution >= 4 is 29.3 Å². The van der Waals surface area contributed by atoms with Gasteiger partial charge in [-0.2, -0.15) is 0 Å². The Kier molecular flexibility index (Phi) is 5.83. The van der Waals surface area contributed by atoms with E-state index in [9.17, 15) is 4.79 Å². The fourth-order valence-electron chi connectivity index (χ4n) is 1.75. The molecule has 0 aromatic carbocycles. The van der Waals surface area contributed by atoms with Gasteiger partial charge in [0.15, 0.2) is 0 Å². The molecule has 1 rings (SSSR count). The fraction of sp³-hybridized carbons (Fsp3) is 0.909. The molecule has 88 valence electrons. The third-order valence-electron chi connectivity index (χ3n) is 2.77. The van der Waals surface area contributed by atoms with E-state index in [1.807, 2.05) is 0 Å². The van der Waals surface area contributed by atoms with Crippen LogP contribution in [0.1, 0.15) is 33.1 Å². The minimum absolute atomic E-state index is 0.182. The van der Waals surface area contributed by atoms with Crippen LogP contribution in [0.3, 0.4) is 0 Å². The van der Waals surface area contributed by atoms with Gasteiger partial charge < -0.3 is 5.32 Å². The molecule has 0 spiro atoms. The molecule has 1 fully saturated rings. The molecule has 1 aliphatic rings. The maximum atomic E-state index is 11.9. The van der Waals surface area contributed by atoms with Crippen molar-refractivity contribution in [3.8, 4) is 0 Å². The van der Waals surface area contributed by atoms with Crippen LogP contribution in [0.4, 0.5) is 0 Å². The summed E-state index contributed by atoms with van der Waals surface area (Å²) < 4.78 is 0. The highest BCUT2D eigenvalue weighted by Crippen LogP contribution is 2.26. The predicted molar refractivity (Wildman–Crippen MR) is 67.6 cm³/mol. The Balaban J connectivity index is 2.38. The van der Waals surface area contributed by atoms with Crippen molar-refractivity contribution < 1.29 is 4.79 Å². The zero-order chi connectivity index (χ0) is 11.3. The van der Waals surface area contributed by atoms with Crippen LogP contribution in [0.25, 0.3) is 0 Å². The molecular formula is C11H20ClNOS. The van der Waals surface area contributed by atoms with Crippen molar-refractivity contribution in [1.29, 1.82) is 0 Å². The Morgan fingerprint density at radius 2 is 2.33 bits per heavy atom. The van der Waals surface area contributed by atoms with Crippen LogP contribution >= 0.6 is 23.4 Å². The van der Waals surface area contributed by atoms with Gasteiger partial charge in [-0.25, -0.2) is 0 Å². The van der Waals surface area contributed by atoms with Crippen molar-refractivity contribution in [3.63, 3.8) is 0 Å². The molecule has 2 unspecified atom stereocenters. The van der Waals surface area contributed by atoms with Crippen LogP contribution in [0, 0.1) is 5.92 Å². The summed E-state index contributed by atoms with van der Waals surface area (Å²) in [5.41, 5.74) is 0. The average molecular weight is 250 g/mol. The van der Waals surface area contributed by atoms with Gasteiger partial charge in [0.2, 0.25) is 5.91 Å². The van der Waals surface area contributed by atoms with Crippen molar-refractivity contribution in [2.75, 3.05) is 11.6 Å². The molecule has 1 heterocycles. The molecule has 2 atom stereocenters. The largest absolute Gasteiger partial charge is 0.352 e. The first-order chi connectivity index (χ1) is 7.15. The SMILES string of the molecule is CC(C)C(CCCl)NC(=O)C1CCCS1. The number of halogens is 1. The molecular weight excluding hydrogens is 230 g/mol. The van der Waals surface area contributed by atoms with Crippen LogP contribution in [0.2, 0.25) is 0 Å². The van der Waals surface area contributed by atoms with Crippen molar-refractivity contribution in [1.82, 2.24) is 5.32 Å². The van der Waals surface area contributed by atoms with E-state index in [0.29, 0.717) is 11.8 Å². The summed E-state index contributed by atoms with van der Waals surface area (Å²) in [5.74, 6) is 2.40. The second kappa shape index (κ2) is 6.64. The van der Waals surface area contributed by atoms with E-state index < -0.39 is 0 Å². The first kappa shape index (κ1) is 13.2. The molecule has 1 amide bonds. The standard InChI is InChI=1S/C11H20ClNOS/c1-8(2)9(5-6-12)13-11(14)10-4-3-7-15-10/h8-10H,3-7H2,1-2H3,(H,13,14). The second-order valence-electron chi connectivity index (χ2n) is 4.34. The number of carbonyl (C=O) groups is 1. The maximum Gasteiger partial charge on any atom is 0.233 e. The van der Waals surface area contributed by atoms with Crippen LogP contribution in [0.5, 0.6) is 0 Å². The summed E-state index contributed by atoms with van der Waals surface area (Å²) in [4.78, 5) is 11.9. The van der Waals surface area contributed by atoms with Gasteiger partial charge in [-0.15, -0.1) is 23.4 Å². The quantitative estimate of drug-likeness (QED) is 0.759. The van der Waals surface area contributed by atoms with Crippen LogP contribution in [0.15, 0.2) is 0 Å². The molecule has 0 bridgehead atoms. The van der Waals surface area contributed by atoms with Gasteiger partial charge in [0.25, 0.3) is 0 Å². The van der Waals surface area contributed by atoms with E-state index in [4.69, 9.17) is 11.6 Å². The predicted octanol–water partition coefficient (Wildman–Crippen LogP) is 2.65. The van der Waals surface area contributed by atoms with Gasteiger partial charge in [0, 0.05) is 11.9 Å². The fourth-order valence-corrected chi connectivity index (χ4v) is 3.16. The Hall–Kier alpha value is 0.110. The summed E-state index contributed by atoms with van der Waals surface area (Å²) in [5, 5.41) is 3.30. The van der Waals surface area contributed by atoms with Gasteiger partial charge in [-0.1, -0.05) is 13.8 Å². The molecule has 4 heteroatoms. The van der Waals surface area contributed by atoms with Gasteiger partial charge in [-0.3, -0.25) is 4.79 Å². The van der Waals surface area contributed by atoms with Crippen LogP contribution < -0.4 is 5.32 Å². The lowest BCUT2D eigenvalue weighted by atomic mass is 10.0. The summed E-state index contributed by atoms with van der Waals surface area (Å²) in [7, 11) is 0. The highest BCUT2D eigenvalue weighted by atomic mass is 35.5. The first-order valence-electron chi connectivity index (χ1n) is 5.63. The number of carbonyl (C=O) groups excluding carboxylic acids is 1. The number of thioether (sulfide) groups is 1. The minimum atomic E-state index is 0.182. The Morgan fingerprint density at radius 3 is 2.80 bits per heavy atom. The number of nitrogens with one attached hydrogen (secondary N) is 1. The molecule has 0 saturated carbocycles. The number of amides is 1. The molecule has 2 nitrogen and oxygen atoms in total. The molecule has 0 aliphatic carbocycles. The Labute approximate surface area is 102 Å². The lowest BCUT2D eigenvalue weighted by Crippen LogP contribution is -2.42. The monoisotopic (exact) mass is 249 g/mol. The molecule has 1 saturated heterocycles. The third-order valence-corrected chi connectivity index (χ3v) is 4.37. The smallest absolute Gasteiger partial charge is 0.233 e. The topological polar surface area (TPSA) is 29.1 Å². The molecule has 15 heavy (non-hydrogen) atoms. The van der Waals surface area contributed by atoms with Crippen molar-refractivity contribution in [3.05, 3.63) is 0 Å². The first-order valence-corrected chi connectivity index (χ1v) is 7.21. The van der Waals surface area contributed by atoms with Gasteiger partial charge in [0.1, 0.15) is 0 Å². The molecule has 1 aliphatic heterocycles. The lowest BCUT2D eigenvalue weighted by Gasteiger charge is -2.23. The Morgan fingerprint density at radius 1 is 1.60 bits per heavy atom. The summed E-state index contributed by atoms with van der Waals surface area (Å²) in [6, 6.07) is 0.233. The highest BCUT2D eigenvalue weighted by molar-refractivity contribution is 8.00. The number of hydrogen-bond donors (Lipinski definition) is 1. The lowest BCUT2D eigenvalue weighted by molar-refractivity contribution is -0.121. The van der Waals surface area contributed by atoms with E-state index in [1.165, 1.54) is 6.42 Å². The number of alkyl halides is 1. The maximum absolute atomic E-state index is 11.9. The summed E-state index contributed by atoms with van der Waals surface area (Å²) >= 11 is 7.50. The van der Waals surface area contributed by atoms with Gasteiger partial charge >= 0.3 is 0 Å². The van der Waals surface area contributed by atoms with E-state index in [2.05, 4.69) is 19.2 Å². The van der Waals surface area contributed by atoms with Gasteiger partial charge in [0.05, 0.1) is 5.25 Å². The normalized spacial score (nSPS) is 23.1. The Bertz CT molecular complexity index is 205. The minimum Gasteiger partial charge on any atom is -0.352 e. The summed E-state index contributed by atoms with van der Waals surface area (Å²) in [6.45, 7) is 4.25. The zero-order valence-corrected chi connectivity index (χ0v) is 11.0. The van der Waals surface area contributed by atoms with E-state index in [-0.39, 0.29) is 17.2 Å². The molecule has 0 aromatic heterocycles. The second-order valence-corrected chi connectivity index (χ2v) is 6.03. The highest BCUT2D eigenvalue weighted by Gasteiger charge is 2.25. The third kappa shape index (κ3) is 4.23. The molecule has 1 N–H and O–H groups in total. The van der Waals surface area contributed by atoms with Crippen molar-refractivity contribution in [2.45, 2.75) is 44.4 Å². The molecule has 0 radical (unpaired) electrons.